The van der Waals surface area contributed by atoms with Crippen molar-refractivity contribution in [1.29, 1.82) is 0 Å². The van der Waals surface area contributed by atoms with Crippen LogP contribution in [0.3, 0.4) is 0 Å². The Hall–Kier alpha value is -1.79. The van der Waals surface area contributed by atoms with E-state index in [4.69, 9.17) is 25.2 Å². The van der Waals surface area contributed by atoms with Crippen molar-refractivity contribution in [3.05, 3.63) is 29.8 Å². The molecule has 1 aromatic carbocycles. The lowest BCUT2D eigenvalue weighted by Gasteiger charge is -2.37. The largest absolute Gasteiger partial charge is 0.490 e. The minimum absolute atomic E-state index is 0.0923. The predicted octanol–water partition coefficient (Wildman–Crippen LogP) is 1.50. The average Bonchev–Trinajstić information content (AvgIpc) is 2.95. The van der Waals surface area contributed by atoms with Gasteiger partial charge >= 0.3 is 0 Å². The molecule has 2 aliphatic heterocycles. The number of hydrogen-bond acceptors (Lipinski definition) is 5. The summed E-state index contributed by atoms with van der Waals surface area (Å²) in [4.78, 5) is 0. The zero-order valence-electron chi connectivity index (χ0n) is 11.8. The molecule has 6 heteroatoms. The monoisotopic (exact) mass is 292 g/mol. The first-order chi connectivity index (χ1) is 10.2. The van der Waals surface area contributed by atoms with Crippen molar-refractivity contribution in [2.24, 2.45) is 10.9 Å². The first-order valence-corrected chi connectivity index (χ1v) is 7.17. The molecule has 3 rings (SSSR count). The molecule has 3 N–H and O–H groups in total. The summed E-state index contributed by atoms with van der Waals surface area (Å²) >= 11 is 0. The summed E-state index contributed by atoms with van der Waals surface area (Å²) in [5, 5.41) is 11.6. The van der Waals surface area contributed by atoms with Crippen molar-refractivity contribution in [1.82, 2.24) is 0 Å². The third-order valence-electron chi connectivity index (χ3n) is 4.08. The fourth-order valence-corrected chi connectivity index (χ4v) is 2.90. The van der Waals surface area contributed by atoms with Crippen molar-refractivity contribution in [3.63, 3.8) is 0 Å². The molecule has 2 atom stereocenters. The van der Waals surface area contributed by atoms with Gasteiger partial charge in [-0.25, -0.2) is 0 Å². The van der Waals surface area contributed by atoms with Crippen LogP contribution in [0.25, 0.3) is 0 Å². The number of oxime groups is 1. The molecule has 0 aromatic heterocycles. The second kappa shape index (κ2) is 5.91. The quantitative estimate of drug-likeness (QED) is 0.381. The number of benzene rings is 1. The highest BCUT2D eigenvalue weighted by Crippen LogP contribution is 2.34. The molecule has 21 heavy (non-hydrogen) atoms. The SMILES string of the molecule is N/C(=N/O)c1ccc(OC2CCOC3(CCOC3)C2)cc1. The zero-order chi connectivity index (χ0) is 14.7. The number of nitrogens with two attached hydrogens (primary N) is 1. The minimum Gasteiger partial charge on any atom is -0.490 e. The Morgan fingerprint density at radius 1 is 1.33 bits per heavy atom. The topological polar surface area (TPSA) is 86.3 Å². The molecular formula is C15H20N2O4. The molecule has 2 unspecified atom stereocenters. The van der Waals surface area contributed by atoms with Gasteiger partial charge in [0.1, 0.15) is 11.9 Å². The maximum atomic E-state index is 8.64. The van der Waals surface area contributed by atoms with Crippen LogP contribution in [-0.2, 0) is 9.47 Å². The first kappa shape index (κ1) is 14.2. The molecule has 2 saturated heterocycles. The highest BCUT2D eigenvalue weighted by atomic mass is 16.6. The molecular weight excluding hydrogens is 272 g/mol. The normalized spacial score (nSPS) is 29.7. The first-order valence-electron chi connectivity index (χ1n) is 7.17. The lowest BCUT2D eigenvalue weighted by molar-refractivity contribution is -0.112. The van der Waals surface area contributed by atoms with E-state index in [2.05, 4.69) is 5.16 Å². The van der Waals surface area contributed by atoms with Crippen LogP contribution in [0.5, 0.6) is 5.75 Å². The van der Waals surface area contributed by atoms with Crippen molar-refractivity contribution in [3.8, 4) is 5.75 Å². The molecule has 114 valence electrons. The van der Waals surface area contributed by atoms with Crippen LogP contribution in [0.2, 0.25) is 0 Å². The molecule has 2 fully saturated rings. The Labute approximate surface area is 123 Å². The van der Waals surface area contributed by atoms with E-state index in [0.717, 1.165) is 31.6 Å². The van der Waals surface area contributed by atoms with Gasteiger partial charge < -0.3 is 25.2 Å². The van der Waals surface area contributed by atoms with E-state index in [-0.39, 0.29) is 17.5 Å². The van der Waals surface area contributed by atoms with E-state index in [0.29, 0.717) is 18.8 Å². The molecule has 0 amide bonds. The van der Waals surface area contributed by atoms with Gasteiger partial charge in [0.05, 0.1) is 18.8 Å². The summed E-state index contributed by atoms with van der Waals surface area (Å²) in [5.41, 5.74) is 6.04. The maximum Gasteiger partial charge on any atom is 0.170 e. The highest BCUT2D eigenvalue weighted by Gasteiger charge is 2.41. The molecule has 0 bridgehead atoms. The lowest BCUT2D eigenvalue weighted by atomic mass is 9.91. The van der Waals surface area contributed by atoms with E-state index in [1.807, 2.05) is 12.1 Å². The molecule has 0 radical (unpaired) electrons. The number of rotatable bonds is 3. The van der Waals surface area contributed by atoms with Crippen LogP contribution in [0.15, 0.2) is 29.4 Å². The molecule has 0 aliphatic carbocycles. The van der Waals surface area contributed by atoms with Crippen molar-refractivity contribution < 1.29 is 19.4 Å². The molecule has 2 aliphatic rings. The van der Waals surface area contributed by atoms with Crippen LogP contribution in [0.1, 0.15) is 24.8 Å². The van der Waals surface area contributed by atoms with E-state index in [1.54, 1.807) is 12.1 Å². The number of hydrogen-bond donors (Lipinski definition) is 2. The highest BCUT2D eigenvalue weighted by molar-refractivity contribution is 5.97. The van der Waals surface area contributed by atoms with Crippen LogP contribution in [0, 0.1) is 0 Å². The van der Waals surface area contributed by atoms with Crippen LogP contribution < -0.4 is 10.5 Å². The fourth-order valence-electron chi connectivity index (χ4n) is 2.90. The van der Waals surface area contributed by atoms with Crippen molar-refractivity contribution in [2.45, 2.75) is 31.0 Å². The Morgan fingerprint density at radius 3 is 2.81 bits per heavy atom. The van der Waals surface area contributed by atoms with E-state index in [9.17, 15) is 0 Å². The second-order valence-corrected chi connectivity index (χ2v) is 5.58. The number of ether oxygens (including phenoxy) is 3. The van der Waals surface area contributed by atoms with Crippen LogP contribution in [-0.4, -0.2) is 42.6 Å². The molecule has 6 nitrogen and oxygen atoms in total. The van der Waals surface area contributed by atoms with E-state index < -0.39 is 0 Å². The Bertz CT molecular complexity index is 509. The van der Waals surface area contributed by atoms with Gasteiger partial charge in [-0.3, -0.25) is 0 Å². The molecule has 0 saturated carbocycles. The van der Waals surface area contributed by atoms with Gasteiger partial charge in [0.2, 0.25) is 0 Å². The van der Waals surface area contributed by atoms with Gasteiger partial charge in [0.25, 0.3) is 0 Å². The van der Waals surface area contributed by atoms with Gasteiger partial charge in [0.15, 0.2) is 5.84 Å². The standard InChI is InChI=1S/C15H20N2O4/c16-14(17-18)11-1-3-12(4-2-11)21-13-5-7-20-15(9-13)6-8-19-10-15/h1-4,13,18H,5-10H2,(H2,16,17). The molecule has 1 spiro atoms. The molecule has 2 heterocycles. The van der Waals surface area contributed by atoms with Crippen LogP contribution in [0.4, 0.5) is 0 Å². The smallest absolute Gasteiger partial charge is 0.170 e. The lowest BCUT2D eigenvalue weighted by Crippen LogP contribution is -2.44. The van der Waals surface area contributed by atoms with Gasteiger partial charge in [-0.05, 0) is 24.3 Å². The van der Waals surface area contributed by atoms with E-state index >= 15 is 0 Å². The van der Waals surface area contributed by atoms with Crippen molar-refractivity contribution in [2.75, 3.05) is 19.8 Å². The summed E-state index contributed by atoms with van der Waals surface area (Å²) in [6, 6.07) is 7.22. The van der Waals surface area contributed by atoms with Gasteiger partial charge in [-0.1, -0.05) is 5.16 Å². The van der Waals surface area contributed by atoms with Crippen molar-refractivity contribution >= 4 is 5.84 Å². The van der Waals surface area contributed by atoms with Gasteiger partial charge in [0, 0.05) is 31.4 Å². The predicted molar refractivity (Wildman–Crippen MR) is 76.7 cm³/mol. The molecule has 1 aromatic rings. The zero-order valence-corrected chi connectivity index (χ0v) is 11.8. The average molecular weight is 292 g/mol. The Balaban J connectivity index is 1.63. The van der Waals surface area contributed by atoms with E-state index in [1.165, 1.54) is 0 Å². The summed E-state index contributed by atoms with van der Waals surface area (Å²) in [6.45, 7) is 2.13. The summed E-state index contributed by atoms with van der Waals surface area (Å²) in [7, 11) is 0. The van der Waals surface area contributed by atoms with Crippen LogP contribution >= 0.6 is 0 Å². The number of amidine groups is 1. The Morgan fingerprint density at radius 2 is 2.14 bits per heavy atom. The summed E-state index contributed by atoms with van der Waals surface area (Å²) in [5.74, 6) is 0.875. The third kappa shape index (κ3) is 3.11. The fraction of sp³-hybridized carbons (Fsp3) is 0.533. The second-order valence-electron chi connectivity index (χ2n) is 5.58. The third-order valence-corrected chi connectivity index (χ3v) is 4.08. The summed E-state index contributed by atoms with van der Waals surface area (Å²) < 4.78 is 17.4. The number of nitrogens with zero attached hydrogens (tertiary/aromatic N) is 1. The van der Waals surface area contributed by atoms with Gasteiger partial charge in [-0.2, -0.15) is 0 Å². The van der Waals surface area contributed by atoms with Gasteiger partial charge in [-0.15, -0.1) is 0 Å². The summed E-state index contributed by atoms with van der Waals surface area (Å²) in [6.07, 6.45) is 2.81. The minimum atomic E-state index is -0.156. The maximum absolute atomic E-state index is 8.64. The Kier molecular flexibility index (Phi) is 3.98.